The van der Waals surface area contributed by atoms with Crippen LogP contribution in [-0.4, -0.2) is 32.5 Å². The molecule has 6 heteroatoms. The Kier molecular flexibility index (Phi) is 6.41. The molecule has 0 saturated heterocycles. The average Bonchev–Trinajstić information content (AvgIpc) is 3.14. The molecular weight excluding hydrogens is 344 g/mol. The second-order valence-electron chi connectivity index (χ2n) is 6.54. The summed E-state index contributed by atoms with van der Waals surface area (Å²) in [4.78, 5) is 12.2. The van der Waals surface area contributed by atoms with E-state index in [4.69, 9.17) is 14.2 Å². The number of hydrogen-bond donors (Lipinski definition) is 2. The van der Waals surface area contributed by atoms with Crippen LogP contribution in [0.2, 0.25) is 0 Å². The topological polar surface area (TPSA) is 68.8 Å². The van der Waals surface area contributed by atoms with Crippen LogP contribution >= 0.6 is 0 Å². The third-order valence-corrected chi connectivity index (χ3v) is 4.43. The van der Waals surface area contributed by atoms with E-state index in [1.807, 2.05) is 49.4 Å². The summed E-state index contributed by atoms with van der Waals surface area (Å²) in [7, 11) is 1.65. The number of nitrogens with one attached hydrogen (secondary N) is 2. The number of carbonyl (C=O) groups is 1. The molecule has 0 aliphatic carbocycles. The summed E-state index contributed by atoms with van der Waals surface area (Å²) in [5.41, 5.74) is 2.23. The second-order valence-corrected chi connectivity index (χ2v) is 6.54. The third-order valence-electron chi connectivity index (χ3n) is 4.43. The van der Waals surface area contributed by atoms with Crippen LogP contribution in [0.25, 0.3) is 0 Å². The van der Waals surface area contributed by atoms with Gasteiger partial charge >= 0.3 is 6.03 Å². The Morgan fingerprint density at radius 3 is 2.52 bits per heavy atom. The number of carbonyl (C=O) groups excluding carboxylic acids is 1. The van der Waals surface area contributed by atoms with Crippen LogP contribution in [0.15, 0.2) is 42.5 Å². The molecule has 1 aliphatic heterocycles. The number of ether oxygens (including phenoxy) is 3. The fourth-order valence-corrected chi connectivity index (χ4v) is 3.05. The number of benzene rings is 2. The fourth-order valence-electron chi connectivity index (χ4n) is 3.05. The summed E-state index contributed by atoms with van der Waals surface area (Å²) in [5, 5.41) is 5.97. The highest BCUT2D eigenvalue weighted by atomic mass is 16.7. The van der Waals surface area contributed by atoms with Crippen molar-refractivity contribution in [3.05, 3.63) is 53.6 Å². The van der Waals surface area contributed by atoms with Crippen molar-refractivity contribution in [1.29, 1.82) is 0 Å². The minimum absolute atomic E-state index is 0.0457. The van der Waals surface area contributed by atoms with Gasteiger partial charge in [-0.2, -0.15) is 0 Å². The fraction of sp³-hybridized carbons (Fsp3) is 0.381. The normalized spacial score (nSPS) is 13.1. The van der Waals surface area contributed by atoms with Crippen LogP contribution in [0.3, 0.4) is 0 Å². The van der Waals surface area contributed by atoms with Crippen LogP contribution in [0.4, 0.5) is 4.79 Å². The number of amides is 2. The highest BCUT2D eigenvalue weighted by Crippen LogP contribution is 2.32. The van der Waals surface area contributed by atoms with Crippen molar-refractivity contribution >= 4 is 6.03 Å². The minimum Gasteiger partial charge on any atom is -0.497 e. The van der Waals surface area contributed by atoms with Crippen molar-refractivity contribution in [3.8, 4) is 17.2 Å². The van der Waals surface area contributed by atoms with E-state index in [1.165, 1.54) is 0 Å². The van der Waals surface area contributed by atoms with E-state index in [0.29, 0.717) is 13.0 Å². The maximum atomic E-state index is 12.2. The van der Waals surface area contributed by atoms with Gasteiger partial charge in [0.05, 0.1) is 7.11 Å². The van der Waals surface area contributed by atoms with Crippen LogP contribution in [-0.2, 0) is 12.8 Å². The molecule has 3 rings (SSSR count). The maximum absolute atomic E-state index is 12.2. The first kappa shape index (κ1) is 18.9. The Labute approximate surface area is 159 Å². The SMILES string of the molecule is CCCNC(=O)N[C@H](Cc1ccc(OC)cc1)Cc1ccc2c(c1)OCO2. The van der Waals surface area contributed by atoms with Gasteiger partial charge in [0.25, 0.3) is 0 Å². The molecule has 0 aromatic heterocycles. The lowest BCUT2D eigenvalue weighted by molar-refractivity contribution is 0.174. The molecule has 0 spiro atoms. The summed E-state index contributed by atoms with van der Waals surface area (Å²) in [6.45, 7) is 2.94. The zero-order chi connectivity index (χ0) is 19.1. The quantitative estimate of drug-likeness (QED) is 0.748. The van der Waals surface area contributed by atoms with Crippen LogP contribution in [0.1, 0.15) is 24.5 Å². The van der Waals surface area contributed by atoms with E-state index < -0.39 is 0 Å². The molecule has 144 valence electrons. The van der Waals surface area contributed by atoms with Gasteiger partial charge in [-0.3, -0.25) is 0 Å². The summed E-state index contributed by atoms with van der Waals surface area (Å²) < 4.78 is 16.0. The molecule has 1 aliphatic rings. The van der Waals surface area contributed by atoms with E-state index in [9.17, 15) is 4.79 Å². The van der Waals surface area contributed by atoms with Crippen molar-refractivity contribution < 1.29 is 19.0 Å². The highest BCUT2D eigenvalue weighted by molar-refractivity contribution is 5.74. The highest BCUT2D eigenvalue weighted by Gasteiger charge is 2.17. The van der Waals surface area contributed by atoms with Crippen molar-refractivity contribution in [2.45, 2.75) is 32.2 Å². The molecule has 0 radical (unpaired) electrons. The lowest BCUT2D eigenvalue weighted by atomic mass is 9.98. The van der Waals surface area contributed by atoms with Crippen LogP contribution < -0.4 is 24.8 Å². The minimum atomic E-state index is -0.142. The van der Waals surface area contributed by atoms with Crippen LogP contribution in [0.5, 0.6) is 17.2 Å². The smallest absolute Gasteiger partial charge is 0.315 e. The Morgan fingerprint density at radius 1 is 1.07 bits per heavy atom. The van der Waals surface area contributed by atoms with Crippen molar-refractivity contribution in [1.82, 2.24) is 10.6 Å². The van der Waals surface area contributed by atoms with E-state index in [-0.39, 0.29) is 18.9 Å². The molecule has 0 unspecified atom stereocenters. The van der Waals surface area contributed by atoms with Gasteiger partial charge in [-0.05, 0) is 54.7 Å². The van der Waals surface area contributed by atoms with Gasteiger partial charge in [0.2, 0.25) is 6.79 Å². The molecule has 2 N–H and O–H groups in total. The molecule has 1 heterocycles. The lowest BCUT2D eigenvalue weighted by Crippen LogP contribution is -2.44. The van der Waals surface area contributed by atoms with Gasteiger partial charge in [0.1, 0.15) is 5.75 Å². The van der Waals surface area contributed by atoms with E-state index in [0.717, 1.165) is 41.2 Å². The van der Waals surface area contributed by atoms with Gasteiger partial charge in [-0.25, -0.2) is 4.79 Å². The van der Waals surface area contributed by atoms with Crippen molar-refractivity contribution in [3.63, 3.8) is 0 Å². The van der Waals surface area contributed by atoms with Crippen molar-refractivity contribution in [2.24, 2.45) is 0 Å². The number of fused-ring (bicyclic) bond motifs is 1. The number of methoxy groups -OCH3 is 1. The predicted octanol–water partition coefficient (Wildman–Crippen LogP) is 3.29. The first-order valence-corrected chi connectivity index (χ1v) is 9.23. The van der Waals surface area contributed by atoms with E-state index in [1.54, 1.807) is 7.11 Å². The summed E-state index contributed by atoms with van der Waals surface area (Å²) in [6.07, 6.45) is 2.32. The first-order chi connectivity index (χ1) is 13.2. The summed E-state index contributed by atoms with van der Waals surface area (Å²) in [5.74, 6) is 2.34. The number of hydrogen-bond acceptors (Lipinski definition) is 4. The standard InChI is InChI=1S/C21H26N2O4/c1-3-10-22-21(24)23-17(11-15-4-7-18(25-2)8-5-15)12-16-6-9-19-20(13-16)27-14-26-19/h4-9,13,17H,3,10-12,14H2,1-2H3,(H2,22,23,24)/t17-/m1/s1. The second kappa shape index (κ2) is 9.16. The van der Waals surface area contributed by atoms with E-state index in [2.05, 4.69) is 10.6 Å². The van der Waals surface area contributed by atoms with Gasteiger partial charge < -0.3 is 24.8 Å². The molecule has 6 nitrogen and oxygen atoms in total. The molecule has 2 aromatic carbocycles. The van der Waals surface area contributed by atoms with Crippen LogP contribution in [0, 0.1) is 0 Å². The molecule has 0 saturated carbocycles. The third kappa shape index (κ3) is 5.29. The number of urea groups is 1. The summed E-state index contributed by atoms with van der Waals surface area (Å²) >= 11 is 0. The zero-order valence-electron chi connectivity index (χ0n) is 15.8. The van der Waals surface area contributed by atoms with Gasteiger partial charge in [0.15, 0.2) is 11.5 Å². The Bertz CT molecular complexity index is 761. The maximum Gasteiger partial charge on any atom is 0.315 e. The number of rotatable bonds is 8. The zero-order valence-corrected chi connectivity index (χ0v) is 15.8. The molecule has 27 heavy (non-hydrogen) atoms. The molecule has 0 bridgehead atoms. The predicted molar refractivity (Wildman–Crippen MR) is 104 cm³/mol. The largest absolute Gasteiger partial charge is 0.497 e. The molecule has 1 atom stereocenters. The Balaban J connectivity index is 1.70. The molecule has 2 aromatic rings. The Morgan fingerprint density at radius 2 is 1.78 bits per heavy atom. The lowest BCUT2D eigenvalue weighted by Gasteiger charge is -2.20. The molecule has 0 fully saturated rings. The Hall–Kier alpha value is -2.89. The summed E-state index contributed by atoms with van der Waals surface area (Å²) in [6, 6.07) is 13.6. The van der Waals surface area contributed by atoms with Gasteiger partial charge in [-0.15, -0.1) is 0 Å². The van der Waals surface area contributed by atoms with E-state index >= 15 is 0 Å². The molecule has 2 amide bonds. The van der Waals surface area contributed by atoms with Gasteiger partial charge in [-0.1, -0.05) is 25.1 Å². The monoisotopic (exact) mass is 370 g/mol. The average molecular weight is 370 g/mol. The van der Waals surface area contributed by atoms with Gasteiger partial charge in [0, 0.05) is 12.6 Å². The first-order valence-electron chi connectivity index (χ1n) is 9.23. The van der Waals surface area contributed by atoms with Crippen molar-refractivity contribution in [2.75, 3.05) is 20.4 Å². The molecular formula is C21H26N2O4.